The van der Waals surface area contributed by atoms with Crippen molar-refractivity contribution in [3.63, 3.8) is 0 Å². The third kappa shape index (κ3) is 3.84. The topological polar surface area (TPSA) is 69.7 Å². The summed E-state index contributed by atoms with van der Waals surface area (Å²) in [7, 11) is 0. The van der Waals surface area contributed by atoms with Crippen LogP contribution in [0.15, 0.2) is 0 Å². The van der Waals surface area contributed by atoms with Crippen LogP contribution in [0.2, 0.25) is 0 Å². The van der Waals surface area contributed by atoms with Gasteiger partial charge in [0.15, 0.2) is 5.78 Å². The van der Waals surface area contributed by atoms with Crippen LogP contribution in [-0.2, 0) is 23.9 Å². The lowest BCUT2D eigenvalue weighted by molar-refractivity contribution is -0.162. The molecule has 0 bridgehead atoms. The maximum absolute atomic E-state index is 12.0. The minimum atomic E-state index is -1.33. The van der Waals surface area contributed by atoms with E-state index in [-0.39, 0.29) is 13.2 Å². The van der Waals surface area contributed by atoms with Gasteiger partial charge in [0.25, 0.3) is 0 Å². The maximum atomic E-state index is 12.0. The molecule has 0 aliphatic carbocycles. The van der Waals surface area contributed by atoms with Crippen molar-refractivity contribution in [2.75, 3.05) is 13.2 Å². The Labute approximate surface area is 101 Å². The van der Waals surface area contributed by atoms with E-state index in [1.54, 1.807) is 13.8 Å². The van der Waals surface area contributed by atoms with Crippen LogP contribution in [-0.4, -0.2) is 30.9 Å². The summed E-state index contributed by atoms with van der Waals surface area (Å²) >= 11 is 0. The third-order valence-corrected chi connectivity index (χ3v) is 2.44. The van der Waals surface area contributed by atoms with Crippen molar-refractivity contribution < 1.29 is 23.9 Å². The summed E-state index contributed by atoms with van der Waals surface area (Å²) in [6, 6.07) is 0. The smallest absolute Gasteiger partial charge is 0.319 e. The second-order valence-corrected chi connectivity index (χ2v) is 4.18. The summed E-state index contributed by atoms with van der Waals surface area (Å²) in [5.74, 6) is -2.69. The molecule has 1 unspecified atom stereocenters. The molecule has 0 amide bonds. The fraction of sp³-hybridized carbons (Fsp3) is 0.750. The molecule has 0 heterocycles. The fourth-order valence-electron chi connectivity index (χ4n) is 1.33. The van der Waals surface area contributed by atoms with Crippen molar-refractivity contribution in [2.24, 2.45) is 11.3 Å². The molecule has 17 heavy (non-hydrogen) atoms. The Hall–Kier alpha value is -1.39. The molecule has 0 radical (unpaired) electrons. The highest BCUT2D eigenvalue weighted by Crippen LogP contribution is 2.24. The molecule has 0 N–H and O–H groups in total. The summed E-state index contributed by atoms with van der Waals surface area (Å²) in [6.07, 6.45) is 0. The van der Waals surface area contributed by atoms with Crippen molar-refractivity contribution in [1.29, 1.82) is 0 Å². The number of carbonyl (C=O) groups is 3. The molecular weight excluding hydrogens is 224 g/mol. The largest absolute Gasteiger partial charge is 0.465 e. The lowest BCUT2D eigenvalue weighted by atomic mass is 9.82. The second kappa shape index (κ2) is 6.37. The van der Waals surface area contributed by atoms with Crippen molar-refractivity contribution in [1.82, 2.24) is 0 Å². The molecule has 0 aromatic heterocycles. The van der Waals surface area contributed by atoms with Gasteiger partial charge in [-0.3, -0.25) is 14.4 Å². The minimum Gasteiger partial charge on any atom is -0.465 e. The number of rotatable bonds is 6. The van der Waals surface area contributed by atoms with Crippen LogP contribution in [0.5, 0.6) is 0 Å². The molecule has 0 aromatic rings. The van der Waals surface area contributed by atoms with Gasteiger partial charge >= 0.3 is 11.9 Å². The van der Waals surface area contributed by atoms with E-state index in [2.05, 4.69) is 0 Å². The minimum absolute atomic E-state index is 0.198. The number of hydrogen-bond donors (Lipinski definition) is 0. The van der Waals surface area contributed by atoms with Gasteiger partial charge in [-0.05, 0) is 34.6 Å². The van der Waals surface area contributed by atoms with Crippen LogP contribution in [0.25, 0.3) is 0 Å². The van der Waals surface area contributed by atoms with Crippen LogP contribution in [0.3, 0.4) is 0 Å². The zero-order valence-electron chi connectivity index (χ0n) is 11.0. The number of hydrogen-bond acceptors (Lipinski definition) is 5. The van der Waals surface area contributed by atoms with E-state index >= 15 is 0 Å². The van der Waals surface area contributed by atoms with Crippen molar-refractivity contribution >= 4 is 17.7 Å². The zero-order chi connectivity index (χ0) is 13.6. The Morgan fingerprint density at radius 3 is 1.94 bits per heavy atom. The van der Waals surface area contributed by atoms with E-state index in [1.165, 1.54) is 20.8 Å². The lowest BCUT2D eigenvalue weighted by Gasteiger charge is -2.23. The summed E-state index contributed by atoms with van der Waals surface area (Å²) in [4.78, 5) is 35.0. The average molecular weight is 244 g/mol. The van der Waals surface area contributed by atoms with Crippen LogP contribution in [0.1, 0.15) is 34.6 Å². The Kier molecular flexibility index (Phi) is 5.85. The first kappa shape index (κ1) is 15.6. The Morgan fingerprint density at radius 1 is 1.06 bits per heavy atom. The van der Waals surface area contributed by atoms with Crippen LogP contribution >= 0.6 is 0 Å². The molecule has 0 fully saturated rings. The normalized spacial score (nSPS) is 12.8. The van der Waals surface area contributed by atoms with E-state index in [1.807, 2.05) is 0 Å². The highest BCUT2D eigenvalue weighted by atomic mass is 16.5. The first-order valence-electron chi connectivity index (χ1n) is 5.67. The quantitative estimate of drug-likeness (QED) is 0.521. The second-order valence-electron chi connectivity index (χ2n) is 4.18. The van der Waals surface area contributed by atoms with Gasteiger partial charge in [-0.25, -0.2) is 0 Å². The standard InChI is InChI=1S/C12H20O5/c1-6-16-10(14)8(3)9(13)12(4,5)11(15)17-7-2/h8H,6-7H2,1-5H3. The van der Waals surface area contributed by atoms with Gasteiger partial charge < -0.3 is 9.47 Å². The van der Waals surface area contributed by atoms with Gasteiger partial charge in [-0.15, -0.1) is 0 Å². The third-order valence-electron chi connectivity index (χ3n) is 2.44. The number of ether oxygens (including phenoxy) is 2. The first-order valence-corrected chi connectivity index (χ1v) is 5.67. The Bertz CT molecular complexity index is 306. The van der Waals surface area contributed by atoms with Gasteiger partial charge in [0.2, 0.25) is 0 Å². The monoisotopic (exact) mass is 244 g/mol. The molecule has 1 atom stereocenters. The first-order chi connectivity index (χ1) is 7.78. The van der Waals surface area contributed by atoms with E-state index < -0.39 is 29.1 Å². The lowest BCUT2D eigenvalue weighted by Crippen LogP contribution is -2.41. The van der Waals surface area contributed by atoms with Crippen LogP contribution in [0, 0.1) is 11.3 Å². The van der Waals surface area contributed by atoms with Gasteiger partial charge in [-0.1, -0.05) is 0 Å². The number of Topliss-reactive ketones (excluding diaryl/α,β-unsaturated/α-hetero) is 1. The predicted molar refractivity (Wildman–Crippen MR) is 61.2 cm³/mol. The molecule has 0 aromatic carbocycles. The SMILES string of the molecule is CCOC(=O)C(C)C(=O)C(C)(C)C(=O)OCC. The van der Waals surface area contributed by atoms with Crippen molar-refractivity contribution in [2.45, 2.75) is 34.6 Å². The summed E-state index contributed by atoms with van der Waals surface area (Å²) in [6.45, 7) is 8.05. The Balaban J connectivity index is 4.78. The van der Waals surface area contributed by atoms with E-state index in [9.17, 15) is 14.4 Å². The van der Waals surface area contributed by atoms with Gasteiger partial charge in [0.1, 0.15) is 11.3 Å². The summed E-state index contributed by atoms with van der Waals surface area (Å²) in [5, 5.41) is 0. The molecule has 0 rings (SSSR count). The van der Waals surface area contributed by atoms with Crippen molar-refractivity contribution in [3.05, 3.63) is 0 Å². The van der Waals surface area contributed by atoms with Gasteiger partial charge in [-0.2, -0.15) is 0 Å². The van der Waals surface area contributed by atoms with Crippen molar-refractivity contribution in [3.8, 4) is 0 Å². The predicted octanol–water partition coefficient (Wildman–Crippen LogP) is 1.34. The summed E-state index contributed by atoms with van der Waals surface area (Å²) in [5.41, 5.74) is -1.33. The molecule has 0 aliphatic rings. The van der Waals surface area contributed by atoms with E-state index in [4.69, 9.17) is 9.47 Å². The molecule has 0 spiro atoms. The highest BCUT2D eigenvalue weighted by molar-refractivity contribution is 6.10. The molecule has 0 aliphatic heterocycles. The fourth-order valence-corrected chi connectivity index (χ4v) is 1.33. The Morgan fingerprint density at radius 2 is 1.53 bits per heavy atom. The van der Waals surface area contributed by atoms with E-state index in [0.717, 1.165) is 0 Å². The number of ketones is 1. The van der Waals surface area contributed by atoms with E-state index in [0.29, 0.717) is 0 Å². The number of carbonyl (C=O) groups excluding carboxylic acids is 3. The summed E-state index contributed by atoms with van der Waals surface area (Å²) < 4.78 is 9.55. The molecule has 5 heteroatoms. The zero-order valence-corrected chi connectivity index (χ0v) is 11.0. The molecule has 5 nitrogen and oxygen atoms in total. The number of esters is 2. The highest BCUT2D eigenvalue weighted by Gasteiger charge is 2.42. The molecule has 0 saturated heterocycles. The molecular formula is C12H20O5. The van der Waals surface area contributed by atoms with Gasteiger partial charge in [0.05, 0.1) is 13.2 Å². The average Bonchev–Trinajstić information content (AvgIpc) is 2.27. The van der Waals surface area contributed by atoms with Crippen LogP contribution < -0.4 is 0 Å². The van der Waals surface area contributed by atoms with Gasteiger partial charge in [0, 0.05) is 0 Å². The van der Waals surface area contributed by atoms with Crippen LogP contribution in [0.4, 0.5) is 0 Å². The molecule has 98 valence electrons. The molecule has 0 saturated carbocycles. The maximum Gasteiger partial charge on any atom is 0.319 e.